The molecule has 0 aliphatic carbocycles. The largest absolute Gasteiger partial charge is 0.454 e. The first-order chi connectivity index (χ1) is 14.0. The van der Waals surface area contributed by atoms with Crippen molar-refractivity contribution in [3.05, 3.63) is 71.8 Å². The molecule has 0 aliphatic heterocycles. The van der Waals surface area contributed by atoms with Gasteiger partial charge in [0.25, 0.3) is 11.8 Å². The number of amides is 2. The molecule has 0 bridgehead atoms. The Labute approximate surface area is 175 Å². The zero-order valence-corrected chi connectivity index (χ0v) is 17.4. The number of carbonyl (C=O) groups excluding carboxylic acids is 3. The van der Waals surface area contributed by atoms with E-state index in [2.05, 4.69) is 10.6 Å². The minimum Gasteiger partial charge on any atom is -0.454 e. The Morgan fingerprint density at radius 2 is 1.59 bits per heavy atom. The summed E-state index contributed by atoms with van der Waals surface area (Å²) in [5, 5.41) is 5.49. The van der Waals surface area contributed by atoms with Crippen molar-refractivity contribution in [1.29, 1.82) is 0 Å². The molecule has 2 aromatic carbocycles. The third kappa shape index (κ3) is 7.62. The molecule has 0 heterocycles. The second kappa shape index (κ2) is 11.9. The third-order valence-corrected chi connectivity index (χ3v) is 4.90. The molecule has 0 saturated carbocycles. The molecule has 2 amide bonds. The Kier molecular flexibility index (Phi) is 9.24. The third-order valence-electron chi connectivity index (χ3n) is 4.26. The van der Waals surface area contributed by atoms with Crippen LogP contribution in [0.5, 0.6) is 0 Å². The van der Waals surface area contributed by atoms with Crippen LogP contribution in [0.15, 0.2) is 60.7 Å². The highest BCUT2D eigenvalue weighted by Gasteiger charge is 2.23. The van der Waals surface area contributed by atoms with Crippen LogP contribution in [-0.2, 0) is 14.3 Å². The van der Waals surface area contributed by atoms with E-state index >= 15 is 0 Å². The van der Waals surface area contributed by atoms with Gasteiger partial charge in [0.15, 0.2) is 6.61 Å². The zero-order chi connectivity index (χ0) is 21.1. The second-order valence-corrected chi connectivity index (χ2v) is 7.47. The fourth-order valence-corrected chi connectivity index (χ4v) is 3.13. The summed E-state index contributed by atoms with van der Waals surface area (Å²) < 4.78 is 5.16. The van der Waals surface area contributed by atoms with E-state index < -0.39 is 24.5 Å². The molecule has 0 saturated heterocycles. The maximum Gasteiger partial charge on any atom is 0.329 e. The molecule has 0 unspecified atom stereocenters. The van der Waals surface area contributed by atoms with E-state index in [9.17, 15) is 14.4 Å². The highest BCUT2D eigenvalue weighted by Crippen LogP contribution is 2.11. The van der Waals surface area contributed by atoms with Crippen LogP contribution in [0.4, 0.5) is 0 Å². The van der Waals surface area contributed by atoms with Gasteiger partial charge in [0.05, 0.1) is 6.04 Å². The van der Waals surface area contributed by atoms with E-state index in [0.717, 1.165) is 5.56 Å². The zero-order valence-electron chi connectivity index (χ0n) is 16.6. The van der Waals surface area contributed by atoms with Crippen LogP contribution in [0.3, 0.4) is 0 Å². The standard InChI is InChI=1S/C22H26N2O4S/c1-16(17-9-5-3-6-10-17)23-20(25)15-28-22(27)19(13-14-29-2)24-21(26)18-11-7-4-8-12-18/h3-12,16,19H,13-15H2,1-2H3,(H,23,25)(H,24,26)/t16-,19-/m0/s1. The quantitative estimate of drug-likeness (QED) is 0.584. The van der Waals surface area contributed by atoms with Crippen molar-refractivity contribution in [2.24, 2.45) is 0 Å². The molecule has 0 fully saturated rings. The molecule has 0 aliphatic rings. The molecule has 0 spiro atoms. The number of thioether (sulfide) groups is 1. The van der Waals surface area contributed by atoms with Gasteiger partial charge in [-0.3, -0.25) is 9.59 Å². The molecule has 7 heteroatoms. The molecule has 0 radical (unpaired) electrons. The van der Waals surface area contributed by atoms with Crippen LogP contribution < -0.4 is 10.6 Å². The lowest BCUT2D eigenvalue weighted by atomic mass is 10.1. The first-order valence-corrected chi connectivity index (χ1v) is 10.8. The number of rotatable bonds is 10. The number of ether oxygens (including phenoxy) is 1. The van der Waals surface area contributed by atoms with Crippen LogP contribution >= 0.6 is 11.8 Å². The van der Waals surface area contributed by atoms with Gasteiger partial charge < -0.3 is 15.4 Å². The molecule has 2 rings (SSSR count). The monoisotopic (exact) mass is 414 g/mol. The molecule has 2 atom stereocenters. The Morgan fingerprint density at radius 3 is 2.21 bits per heavy atom. The normalized spacial score (nSPS) is 12.5. The SMILES string of the molecule is CSCC[C@H](NC(=O)c1ccccc1)C(=O)OCC(=O)N[C@@H](C)c1ccccc1. The van der Waals surface area contributed by atoms with Crippen molar-refractivity contribution >= 4 is 29.5 Å². The average molecular weight is 415 g/mol. The fourth-order valence-electron chi connectivity index (χ4n) is 2.66. The number of benzene rings is 2. The van der Waals surface area contributed by atoms with Crippen molar-refractivity contribution < 1.29 is 19.1 Å². The maximum atomic E-state index is 12.4. The van der Waals surface area contributed by atoms with Gasteiger partial charge in [-0.25, -0.2) is 4.79 Å². The lowest BCUT2D eigenvalue weighted by Crippen LogP contribution is -2.43. The van der Waals surface area contributed by atoms with Crippen molar-refractivity contribution in [3.8, 4) is 0 Å². The van der Waals surface area contributed by atoms with Gasteiger partial charge in [0.1, 0.15) is 6.04 Å². The first kappa shape index (κ1) is 22.5. The van der Waals surface area contributed by atoms with Crippen molar-refractivity contribution in [2.45, 2.75) is 25.4 Å². The average Bonchev–Trinajstić information content (AvgIpc) is 2.76. The van der Waals surface area contributed by atoms with E-state index in [-0.39, 0.29) is 11.9 Å². The Hall–Kier alpha value is -2.80. The van der Waals surface area contributed by atoms with E-state index in [1.54, 1.807) is 36.0 Å². The summed E-state index contributed by atoms with van der Waals surface area (Å²) in [7, 11) is 0. The summed E-state index contributed by atoms with van der Waals surface area (Å²) in [5.41, 5.74) is 1.42. The fraction of sp³-hybridized carbons (Fsp3) is 0.318. The minimum atomic E-state index is -0.811. The predicted molar refractivity (Wildman–Crippen MR) is 115 cm³/mol. The Morgan fingerprint density at radius 1 is 0.966 bits per heavy atom. The number of hydrogen-bond acceptors (Lipinski definition) is 5. The van der Waals surface area contributed by atoms with E-state index in [1.165, 1.54) is 0 Å². The van der Waals surface area contributed by atoms with Crippen LogP contribution in [-0.4, -0.2) is 42.4 Å². The van der Waals surface area contributed by atoms with Crippen molar-refractivity contribution in [2.75, 3.05) is 18.6 Å². The van der Waals surface area contributed by atoms with Gasteiger partial charge in [-0.2, -0.15) is 11.8 Å². The van der Waals surface area contributed by atoms with Gasteiger partial charge >= 0.3 is 5.97 Å². The molecular formula is C22H26N2O4S. The number of carbonyl (C=O) groups is 3. The van der Waals surface area contributed by atoms with Crippen molar-refractivity contribution in [3.63, 3.8) is 0 Å². The molecule has 29 heavy (non-hydrogen) atoms. The van der Waals surface area contributed by atoms with Crippen LogP contribution in [0, 0.1) is 0 Å². The number of nitrogens with one attached hydrogen (secondary N) is 2. The second-order valence-electron chi connectivity index (χ2n) is 6.48. The highest BCUT2D eigenvalue weighted by atomic mass is 32.2. The van der Waals surface area contributed by atoms with Gasteiger partial charge in [0, 0.05) is 5.56 Å². The topological polar surface area (TPSA) is 84.5 Å². The van der Waals surface area contributed by atoms with Crippen LogP contribution in [0.2, 0.25) is 0 Å². The number of esters is 1. The van der Waals surface area contributed by atoms with Crippen LogP contribution in [0.1, 0.15) is 35.3 Å². The predicted octanol–water partition coefficient (Wildman–Crippen LogP) is 2.96. The summed E-state index contributed by atoms with van der Waals surface area (Å²) in [6.45, 7) is 1.46. The Balaban J connectivity index is 1.88. The summed E-state index contributed by atoms with van der Waals surface area (Å²) in [6.07, 6.45) is 2.33. The van der Waals surface area contributed by atoms with Gasteiger partial charge in [0.2, 0.25) is 0 Å². The lowest BCUT2D eigenvalue weighted by Gasteiger charge is -2.18. The van der Waals surface area contributed by atoms with E-state index in [1.807, 2.05) is 49.6 Å². The molecule has 0 aromatic heterocycles. The Bertz CT molecular complexity index is 799. The number of hydrogen-bond donors (Lipinski definition) is 2. The summed E-state index contributed by atoms with van der Waals surface area (Å²) >= 11 is 1.56. The molecule has 154 valence electrons. The molecule has 6 nitrogen and oxygen atoms in total. The maximum absolute atomic E-state index is 12.4. The summed E-state index contributed by atoms with van der Waals surface area (Å²) in [6, 6.07) is 17.2. The van der Waals surface area contributed by atoms with E-state index in [4.69, 9.17) is 4.74 Å². The molecular weight excluding hydrogens is 388 g/mol. The molecule has 2 aromatic rings. The van der Waals surface area contributed by atoms with Crippen LogP contribution in [0.25, 0.3) is 0 Å². The minimum absolute atomic E-state index is 0.201. The summed E-state index contributed by atoms with van der Waals surface area (Å²) in [4.78, 5) is 36.9. The lowest BCUT2D eigenvalue weighted by molar-refractivity contribution is -0.150. The van der Waals surface area contributed by atoms with Crippen molar-refractivity contribution in [1.82, 2.24) is 10.6 Å². The van der Waals surface area contributed by atoms with Gasteiger partial charge in [-0.1, -0.05) is 48.5 Å². The van der Waals surface area contributed by atoms with Gasteiger partial charge in [-0.05, 0) is 43.0 Å². The van der Waals surface area contributed by atoms with E-state index in [0.29, 0.717) is 17.7 Å². The molecule has 2 N–H and O–H groups in total. The summed E-state index contributed by atoms with van der Waals surface area (Å²) in [5.74, 6) is -0.694. The highest BCUT2D eigenvalue weighted by molar-refractivity contribution is 7.98. The first-order valence-electron chi connectivity index (χ1n) is 9.37. The van der Waals surface area contributed by atoms with Gasteiger partial charge in [-0.15, -0.1) is 0 Å². The smallest absolute Gasteiger partial charge is 0.329 e.